The molecule has 0 rings (SSSR count). The molecule has 0 aromatic carbocycles. The molecule has 5 nitrogen and oxygen atoms in total. The highest BCUT2D eigenvalue weighted by molar-refractivity contribution is 5.76. The molecule has 0 aromatic rings. The molecule has 0 fully saturated rings. The molecule has 2 amide bonds. The molecule has 0 aliphatic carbocycles. The summed E-state index contributed by atoms with van der Waals surface area (Å²) in [4.78, 5) is 20.5. The number of hydrogen-bond donors (Lipinski definition) is 3. The van der Waals surface area contributed by atoms with E-state index in [1.165, 1.54) is 6.92 Å². The van der Waals surface area contributed by atoms with Crippen LogP contribution in [0.2, 0.25) is 0 Å². The largest absolute Gasteiger partial charge is 0.391 e. The number of aliphatic hydroxyl groups is 1. The van der Waals surface area contributed by atoms with Gasteiger partial charge in [-0.05, 0) is 6.92 Å². The van der Waals surface area contributed by atoms with Gasteiger partial charge < -0.3 is 16.2 Å². The zero-order valence-corrected chi connectivity index (χ0v) is 6.33. The van der Waals surface area contributed by atoms with E-state index >= 15 is 0 Å². The summed E-state index contributed by atoms with van der Waals surface area (Å²) < 4.78 is 0. The molecule has 0 bridgehead atoms. The maximum absolute atomic E-state index is 10.4. The Kier molecular flexibility index (Phi) is 4.21. The summed E-state index contributed by atoms with van der Waals surface area (Å²) in [5.74, 6) is -0.122. The van der Waals surface area contributed by atoms with Crippen molar-refractivity contribution in [1.82, 2.24) is 5.32 Å². The summed E-state index contributed by atoms with van der Waals surface area (Å²) in [6.07, 6.45) is -0.791. The molecule has 0 saturated heterocycles. The third-order valence-electron chi connectivity index (χ3n) is 1.03. The lowest BCUT2D eigenvalue weighted by Crippen LogP contribution is -2.36. The number of primary amides is 1. The van der Waals surface area contributed by atoms with E-state index in [1.807, 2.05) is 0 Å². The molecule has 1 atom stereocenters. The first-order valence-electron chi connectivity index (χ1n) is 3.23. The molecule has 0 aliphatic rings. The van der Waals surface area contributed by atoms with Gasteiger partial charge in [-0.3, -0.25) is 4.79 Å². The van der Waals surface area contributed by atoms with E-state index < -0.39 is 12.1 Å². The summed E-state index contributed by atoms with van der Waals surface area (Å²) >= 11 is 0. The first-order valence-corrected chi connectivity index (χ1v) is 3.23. The fraction of sp³-hybridized carbons (Fsp3) is 0.667. The van der Waals surface area contributed by atoms with Crippen LogP contribution < -0.4 is 11.1 Å². The molecule has 0 spiro atoms. The molecule has 0 aliphatic heterocycles. The summed E-state index contributed by atoms with van der Waals surface area (Å²) in [5, 5.41) is 11.2. The number of hydrogen-bond acceptors (Lipinski definition) is 3. The standard InChI is InChI=1S/C6H12N2O3/c1-4(9)2-5(10)3-8-6(7)11/h5,10H,2-3H2,1H3,(H3,7,8,11). The Morgan fingerprint density at radius 1 is 1.64 bits per heavy atom. The second kappa shape index (κ2) is 4.68. The number of Topliss-reactive ketones (excluding diaryl/α,β-unsaturated/α-hetero) is 1. The molecule has 64 valence electrons. The third-order valence-corrected chi connectivity index (χ3v) is 1.03. The zero-order valence-electron chi connectivity index (χ0n) is 6.33. The number of rotatable bonds is 4. The van der Waals surface area contributed by atoms with E-state index in [1.54, 1.807) is 0 Å². The fourth-order valence-electron chi connectivity index (χ4n) is 0.622. The minimum absolute atomic E-state index is 0.0227. The van der Waals surface area contributed by atoms with Gasteiger partial charge in [0.25, 0.3) is 0 Å². The second-order valence-corrected chi connectivity index (χ2v) is 2.31. The van der Waals surface area contributed by atoms with Crippen LogP contribution in [-0.2, 0) is 4.79 Å². The van der Waals surface area contributed by atoms with Gasteiger partial charge in [-0.2, -0.15) is 0 Å². The maximum Gasteiger partial charge on any atom is 0.312 e. The number of urea groups is 1. The van der Waals surface area contributed by atoms with Gasteiger partial charge in [-0.25, -0.2) is 4.79 Å². The number of nitrogens with one attached hydrogen (secondary N) is 1. The van der Waals surface area contributed by atoms with Crippen LogP contribution >= 0.6 is 0 Å². The Morgan fingerprint density at radius 3 is 2.55 bits per heavy atom. The van der Waals surface area contributed by atoms with E-state index in [0.29, 0.717) is 0 Å². The number of amides is 2. The van der Waals surface area contributed by atoms with Crippen LogP contribution in [0.15, 0.2) is 0 Å². The van der Waals surface area contributed by atoms with Crippen molar-refractivity contribution in [3.63, 3.8) is 0 Å². The van der Waals surface area contributed by atoms with Gasteiger partial charge in [-0.15, -0.1) is 0 Å². The van der Waals surface area contributed by atoms with E-state index in [4.69, 9.17) is 10.8 Å². The highest BCUT2D eigenvalue weighted by Crippen LogP contribution is 1.89. The number of nitrogens with two attached hydrogens (primary N) is 1. The molecule has 5 heteroatoms. The molecule has 4 N–H and O–H groups in total. The third kappa shape index (κ3) is 6.79. The van der Waals surface area contributed by atoms with Gasteiger partial charge in [0.1, 0.15) is 5.78 Å². The first-order chi connectivity index (χ1) is 5.02. The Hall–Kier alpha value is -1.10. The highest BCUT2D eigenvalue weighted by atomic mass is 16.3. The maximum atomic E-state index is 10.4. The highest BCUT2D eigenvalue weighted by Gasteiger charge is 2.06. The Morgan fingerprint density at radius 2 is 2.18 bits per heavy atom. The molecule has 1 unspecified atom stereocenters. The van der Waals surface area contributed by atoms with Crippen molar-refractivity contribution < 1.29 is 14.7 Å². The molecular weight excluding hydrogens is 148 g/mol. The van der Waals surface area contributed by atoms with Crippen molar-refractivity contribution >= 4 is 11.8 Å². The average Bonchev–Trinajstić information content (AvgIpc) is 1.82. The number of ketones is 1. The predicted molar refractivity (Wildman–Crippen MR) is 38.9 cm³/mol. The number of aliphatic hydroxyl groups excluding tert-OH is 1. The minimum atomic E-state index is -0.833. The van der Waals surface area contributed by atoms with E-state index in [0.717, 1.165) is 0 Å². The predicted octanol–water partition coefficient (Wildman–Crippen LogP) is -1.01. The summed E-state index contributed by atoms with van der Waals surface area (Å²) in [7, 11) is 0. The molecule has 11 heavy (non-hydrogen) atoms. The Labute approximate surface area is 64.6 Å². The Balaban J connectivity index is 3.44. The zero-order chi connectivity index (χ0) is 8.85. The average molecular weight is 160 g/mol. The SMILES string of the molecule is CC(=O)CC(O)CNC(N)=O. The smallest absolute Gasteiger partial charge is 0.312 e. The lowest BCUT2D eigenvalue weighted by atomic mass is 10.2. The summed E-state index contributed by atoms with van der Waals surface area (Å²) in [6.45, 7) is 1.39. The van der Waals surface area contributed by atoms with Crippen molar-refractivity contribution in [2.24, 2.45) is 5.73 Å². The molecule has 0 heterocycles. The van der Waals surface area contributed by atoms with Gasteiger partial charge in [0.15, 0.2) is 0 Å². The van der Waals surface area contributed by atoms with Crippen molar-refractivity contribution in [1.29, 1.82) is 0 Å². The minimum Gasteiger partial charge on any atom is -0.391 e. The van der Waals surface area contributed by atoms with Crippen molar-refractivity contribution in [3.8, 4) is 0 Å². The lowest BCUT2D eigenvalue weighted by Gasteiger charge is -2.07. The van der Waals surface area contributed by atoms with E-state index in [9.17, 15) is 9.59 Å². The van der Waals surface area contributed by atoms with Gasteiger partial charge in [0.05, 0.1) is 6.10 Å². The summed E-state index contributed by atoms with van der Waals surface area (Å²) in [5.41, 5.74) is 4.73. The normalized spacial score (nSPS) is 12.2. The van der Waals surface area contributed by atoms with Crippen LogP contribution in [0.4, 0.5) is 4.79 Å². The van der Waals surface area contributed by atoms with Crippen molar-refractivity contribution in [3.05, 3.63) is 0 Å². The Bertz CT molecular complexity index is 158. The summed E-state index contributed by atoms with van der Waals surface area (Å²) in [6, 6.07) is -0.701. The van der Waals surface area contributed by atoms with Crippen LogP contribution in [-0.4, -0.2) is 29.6 Å². The van der Waals surface area contributed by atoms with Crippen LogP contribution in [0.25, 0.3) is 0 Å². The quantitative estimate of drug-likeness (QED) is 0.492. The first kappa shape index (κ1) is 9.90. The van der Waals surface area contributed by atoms with Gasteiger partial charge >= 0.3 is 6.03 Å². The van der Waals surface area contributed by atoms with Gasteiger partial charge in [0, 0.05) is 13.0 Å². The molecular formula is C6H12N2O3. The van der Waals surface area contributed by atoms with Gasteiger partial charge in [0.2, 0.25) is 0 Å². The van der Waals surface area contributed by atoms with E-state index in [-0.39, 0.29) is 18.7 Å². The number of carbonyl (C=O) groups is 2. The van der Waals surface area contributed by atoms with Crippen molar-refractivity contribution in [2.75, 3.05) is 6.54 Å². The molecule has 0 aromatic heterocycles. The fourth-order valence-corrected chi connectivity index (χ4v) is 0.622. The van der Waals surface area contributed by atoms with Crippen molar-refractivity contribution in [2.45, 2.75) is 19.4 Å². The topological polar surface area (TPSA) is 92.4 Å². The van der Waals surface area contributed by atoms with Crippen LogP contribution in [0.5, 0.6) is 0 Å². The van der Waals surface area contributed by atoms with Crippen LogP contribution in [0.3, 0.4) is 0 Å². The second-order valence-electron chi connectivity index (χ2n) is 2.31. The van der Waals surface area contributed by atoms with Crippen LogP contribution in [0.1, 0.15) is 13.3 Å². The van der Waals surface area contributed by atoms with Gasteiger partial charge in [-0.1, -0.05) is 0 Å². The molecule has 0 radical (unpaired) electrons. The van der Waals surface area contributed by atoms with E-state index in [2.05, 4.69) is 5.32 Å². The molecule has 0 saturated carbocycles. The lowest BCUT2D eigenvalue weighted by molar-refractivity contribution is -0.118. The van der Waals surface area contributed by atoms with Crippen LogP contribution in [0, 0.1) is 0 Å². The number of carbonyl (C=O) groups excluding carboxylic acids is 2. The monoisotopic (exact) mass is 160 g/mol.